The Kier molecular flexibility index (Phi) is 6.24. The summed E-state index contributed by atoms with van der Waals surface area (Å²) >= 11 is 0. The van der Waals surface area contributed by atoms with Crippen LogP contribution in [0.2, 0.25) is 0 Å². The second-order valence-corrected chi connectivity index (χ2v) is 3.89. The van der Waals surface area contributed by atoms with Crippen molar-refractivity contribution in [3.05, 3.63) is 0 Å². The Bertz CT molecular complexity index is 125. The summed E-state index contributed by atoms with van der Waals surface area (Å²) in [6, 6.07) is 0. The molecule has 4 heteroatoms. The Morgan fingerprint density at radius 1 is 1.31 bits per heavy atom. The maximum atomic E-state index is 8.69. The van der Waals surface area contributed by atoms with Crippen LogP contribution in [0.5, 0.6) is 0 Å². The lowest BCUT2D eigenvalue weighted by molar-refractivity contribution is -0.360. The van der Waals surface area contributed by atoms with Crippen molar-refractivity contribution in [2.24, 2.45) is 5.92 Å². The molecule has 0 aliphatic heterocycles. The van der Waals surface area contributed by atoms with Crippen LogP contribution in [0.15, 0.2) is 0 Å². The van der Waals surface area contributed by atoms with Gasteiger partial charge in [0.2, 0.25) is 0 Å². The van der Waals surface area contributed by atoms with E-state index in [4.69, 9.17) is 20.0 Å². The van der Waals surface area contributed by atoms with E-state index in [2.05, 4.69) is 0 Å². The van der Waals surface area contributed by atoms with Gasteiger partial charge in [-0.2, -0.15) is 0 Å². The molecule has 0 fully saturated rings. The Hall–Kier alpha value is -0.160. The first-order valence-electron chi connectivity index (χ1n) is 4.54. The molecule has 4 nitrogen and oxygen atoms in total. The topological polar surface area (TPSA) is 58.9 Å². The lowest BCUT2D eigenvalue weighted by Crippen LogP contribution is -2.27. The minimum absolute atomic E-state index is 0.0740. The molecule has 0 aromatic rings. The zero-order valence-electron chi connectivity index (χ0n) is 8.62. The first-order valence-corrected chi connectivity index (χ1v) is 4.54. The van der Waals surface area contributed by atoms with Crippen molar-refractivity contribution in [3.8, 4) is 0 Å². The minimum Gasteiger partial charge on any atom is -0.396 e. The molecule has 0 heterocycles. The third kappa shape index (κ3) is 6.95. The molecule has 0 saturated heterocycles. The molecule has 0 radical (unpaired) electrons. The third-order valence-electron chi connectivity index (χ3n) is 1.66. The van der Waals surface area contributed by atoms with Crippen LogP contribution in [-0.4, -0.2) is 35.6 Å². The summed E-state index contributed by atoms with van der Waals surface area (Å²) in [6.07, 6.45) is 0.528. The number of aliphatic hydroxyl groups is 2. The van der Waals surface area contributed by atoms with Crippen LogP contribution in [0.25, 0.3) is 0 Å². The van der Waals surface area contributed by atoms with Crippen molar-refractivity contribution in [1.29, 1.82) is 0 Å². The number of rotatable bonds is 7. The van der Waals surface area contributed by atoms with E-state index >= 15 is 0 Å². The smallest absolute Gasteiger partial charge is 0.100 e. The fraction of sp³-hybridized carbons (Fsp3) is 1.00. The van der Waals surface area contributed by atoms with Gasteiger partial charge in [0.05, 0.1) is 6.61 Å². The molecule has 0 spiro atoms. The maximum absolute atomic E-state index is 8.69. The molecule has 0 aliphatic rings. The average Bonchev–Trinajstić information content (AvgIpc) is 2.03. The van der Waals surface area contributed by atoms with E-state index in [0.717, 1.165) is 0 Å². The predicted octanol–water partition coefficient (Wildman–Crippen LogP) is 0.724. The van der Waals surface area contributed by atoms with Gasteiger partial charge in [-0.3, -0.25) is 0 Å². The highest BCUT2D eigenvalue weighted by molar-refractivity contribution is 4.64. The van der Waals surface area contributed by atoms with Crippen LogP contribution in [-0.2, 0) is 9.78 Å². The highest BCUT2D eigenvalue weighted by Gasteiger charge is 2.19. The lowest BCUT2D eigenvalue weighted by atomic mass is 10.1. The van der Waals surface area contributed by atoms with Crippen molar-refractivity contribution < 1.29 is 20.0 Å². The van der Waals surface area contributed by atoms with E-state index in [9.17, 15) is 0 Å². The molecule has 0 rings (SSSR count). The van der Waals surface area contributed by atoms with Gasteiger partial charge in [-0.05, 0) is 13.8 Å². The lowest BCUT2D eigenvalue weighted by Gasteiger charge is -2.23. The molecule has 0 aliphatic carbocycles. The molecule has 13 heavy (non-hydrogen) atoms. The van der Waals surface area contributed by atoms with Crippen molar-refractivity contribution in [2.45, 2.75) is 32.8 Å². The summed E-state index contributed by atoms with van der Waals surface area (Å²) in [4.78, 5) is 10.0. The van der Waals surface area contributed by atoms with Gasteiger partial charge >= 0.3 is 0 Å². The zero-order valence-corrected chi connectivity index (χ0v) is 8.62. The van der Waals surface area contributed by atoms with E-state index < -0.39 is 5.60 Å². The quantitative estimate of drug-likeness (QED) is 0.461. The van der Waals surface area contributed by atoms with Crippen molar-refractivity contribution in [2.75, 3.05) is 19.8 Å². The summed E-state index contributed by atoms with van der Waals surface area (Å²) in [7, 11) is 0. The first kappa shape index (κ1) is 12.8. The second-order valence-electron chi connectivity index (χ2n) is 3.89. The molecule has 2 N–H and O–H groups in total. The van der Waals surface area contributed by atoms with Gasteiger partial charge in [-0.25, -0.2) is 9.78 Å². The van der Waals surface area contributed by atoms with Crippen molar-refractivity contribution in [3.63, 3.8) is 0 Å². The average molecular weight is 192 g/mol. The molecule has 0 aromatic carbocycles. The molecule has 80 valence electrons. The maximum Gasteiger partial charge on any atom is 0.100 e. The zero-order chi connectivity index (χ0) is 10.3. The standard InChI is InChI=1S/C9H20O4/c1-8(6-11)7-12-13-9(2,3)4-5-10/h8,10-11H,4-7H2,1-3H3. The van der Waals surface area contributed by atoms with Crippen LogP contribution in [0.3, 0.4) is 0 Å². The second kappa shape index (κ2) is 6.32. The molecule has 0 bridgehead atoms. The van der Waals surface area contributed by atoms with Crippen LogP contribution in [0.4, 0.5) is 0 Å². The van der Waals surface area contributed by atoms with E-state index in [0.29, 0.717) is 13.0 Å². The number of aliphatic hydroxyl groups excluding tert-OH is 2. The monoisotopic (exact) mass is 192 g/mol. The van der Waals surface area contributed by atoms with E-state index in [1.165, 1.54) is 0 Å². The third-order valence-corrected chi connectivity index (χ3v) is 1.66. The van der Waals surface area contributed by atoms with E-state index in [-0.39, 0.29) is 19.1 Å². The van der Waals surface area contributed by atoms with Gasteiger partial charge in [0, 0.05) is 25.6 Å². The van der Waals surface area contributed by atoms with E-state index in [1.807, 2.05) is 20.8 Å². The normalized spacial score (nSPS) is 14.5. The van der Waals surface area contributed by atoms with E-state index in [1.54, 1.807) is 0 Å². The molecular formula is C9H20O4. The SMILES string of the molecule is CC(CO)COOC(C)(C)CCO. The highest BCUT2D eigenvalue weighted by Crippen LogP contribution is 2.14. The first-order chi connectivity index (χ1) is 6.02. The van der Waals surface area contributed by atoms with Gasteiger partial charge in [-0.15, -0.1) is 0 Å². The summed E-state index contributed by atoms with van der Waals surface area (Å²) in [5.41, 5.74) is -0.468. The van der Waals surface area contributed by atoms with Crippen LogP contribution >= 0.6 is 0 Å². The van der Waals surface area contributed by atoms with Crippen LogP contribution in [0.1, 0.15) is 27.2 Å². The number of hydrogen-bond acceptors (Lipinski definition) is 4. The molecule has 1 unspecified atom stereocenters. The highest BCUT2D eigenvalue weighted by atomic mass is 17.2. The Balaban J connectivity index is 3.50. The fourth-order valence-corrected chi connectivity index (χ4v) is 0.673. The molecular weight excluding hydrogens is 172 g/mol. The Morgan fingerprint density at radius 3 is 2.38 bits per heavy atom. The molecule has 0 saturated carbocycles. The molecule has 1 atom stereocenters. The van der Waals surface area contributed by atoms with Gasteiger partial charge in [-0.1, -0.05) is 6.92 Å². The van der Waals surface area contributed by atoms with Gasteiger partial charge in [0.15, 0.2) is 0 Å². The van der Waals surface area contributed by atoms with Crippen molar-refractivity contribution in [1.82, 2.24) is 0 Å². The predicted molar refractivity (Wildman–Crippen MR) is 49.1 cm³/mol. The number of hydrogen-bond donors (Lipinski definition) is 2. The Morgan fingerprint density at radius 2 is 1.92 bits per heavy atom. The summed E-state index contributed by atoms with van der Waals surface area (Å²) in [5, 5.41) is 17.4. The molecule has 0 aromatic heterocycles. The Labute approximate surface area is 79.4 Å². The summed E-state index contributed by atoms with van der Waals surface area (Å²) < 4.78 is 0. The summed E-state index contributed by atoms with van der Waals surface area (Å²) in [6.45, 7) is 6.07. The van der Waals surface area contributed by atoms with Crippen LogP contribution in [0, 0.1) is 5.92 Å². The van der Waals surface area contributed by atoms with Gasteiger partial charge in [0.25, 0.3) is 0 Å². The van der Waals surface area contributed by atoms with Gasteiger partial charge in [0.1, 0.15) is 5.60 Å². The molecule has 0 amide bonds. The van der Waals surface area contributed by atoms with Crippen molar-refractivity contribution >= 4 is 0 Å². The summed E-state index contributed by atoms with van der Waals surface area (Å²) in [5.74, 6) is 0.0740. The largest absolute Gasteiger partial charge is 0.396 e. The van der Waals surface area contributed by atoms with Crippen LogP contribution < -0.4 is 0 Å². The fourth-order valence-electron chi connectivity index (χ4n) is 0.673. The van der Waals surface area contributed by atoms with Gasteiger partial charge < -0.3 is 10.2 Å². The minimum atomic E-state index is -0.468.